The average molecular weight is 407 g/mol. The maximum atomic E-state index is 12.6. The third-order valence-electron chi connectivity index (χ3n) is 3.91. The van der Waals surface area contributed by atoms with Crippen LogP contribution >= 0.6 is 12.4 Å². The summed E-state index contributed by atoms with van der Waals surface area (Å²) in [5.74, 6) is -0.0914. The van der Waals surface area contributed by atoms with Gasteiger partial charge in [0.2, 0.25) is 21.8 Å². The molecule has 0 bridgehead atoms. The van der Waals surface area contributed by atoms with Gasteiger partial charge < -0.3 is 20.7 Å². The van der Waals surface area contributed by atoms with E-state index in [1.54, 1.807) is 12.1 Å². The molecule has 0 atom stereocenters. The van der Waals surface area contributed by atoms with E-state index in [1.807, 2.05) is 0 Å². The molecular weight excluding hydrogens is 384 g/mol. The van der Waals surface area contributed by atoms with Gasteiger partial charge in [-0.1, -0.05) is 0 Å². The summed E-state index contributed by atoms with van der Waals surface area (Å²) < 4.78 is 31.6. The molecule has 0 aliphatic carbocycles. The van der Waals surface area contributed by atoms with Crippen LogP contribution in [0.3, 0.4) is 0 Å². The van der Waals surface area contributed by atoms with Crippen LogP contribution in [-0.2, 0) is 19.6 Å². The minimum Gasteiger partial charge on any atom is -0.497 e. The van der Waals surface area contributed by atoms with Crippen LogP contribution in [0.5, 0.6) is 5.75 Å². The number of benzene rings is 1. The largest absolute Gasteiger partial charge is 0.497 e. The molecule has 0 saturated carbocycles. The van der Waals surface area contributed by atoms with Gasteiger partial charge >= 0.3 is 0 Å². The molecule has 0 aromatic heterocycles. The van der Waals surface area contributed by atoms with Crippen LogP contribution < -0.4 is 15.8 Å². The summed E-state index contributed by atoms with van der Waals surface area (Å²) in [4.78, 5) is 24.8. The van der Waals surface area contributed by atoms with Crippen molar-refractivity contribution in [2.45, 2.75) is 4.90 Å². The number of methoxy groups -OCH3 is 1. The Morgan fingerprint density at radius 1 is 1.15 bits per heavy atom. The number of sulfonamides is 1. The predicted molar refractivity (Wildman–Crippen MR) is 97.6 cm³/mol. The summed E-state index contributed by atoms with van der Waals surface area (Å²) in [6.07, 6.45) is 0. The number of hydrogen-bond acceptors (Lipinski definition) is 6. The number of amides is 2. The van der Waals surface area contributed by atoms with E-state index in [0.717, 1.165) is 0 Å². The molecule has 1 aromatic rings. The highest BCUT2D eigenvalue weighted by Gasteiger charge is 2.30. The van der Waals surface area contributed by atoms with Gasteiger partial charge in [-0.15, -0.1) is 12.4 Å². The van der Waals surface area contributed by atoms with Crippen molar-refractivity contribution in [3.05, 3.63) is 24.3 Å². The second kappa shape index (κ2) is 9.72. The zero-order chi connectivity index (χ0) is 18.4. The van der Waals surface area contributed by atoms with E-state index in [9.17, 15) is 18.0 Å². The maximum absolute atomic E-state index is 12.6. The molecule has 0 radical (unpaired) electrons. The molecule has 26 heavy (non-hydrogen) atoms. The second-order valence-corrected chi connectivity index (χ2v) is 7.38. The number of carbonyl (C=O) groups is 2. The summed E-state index contributed by atoms with van der Waals surface area (Å²) >= 11 is 0. The normalized spacial score (nSPS) is 15.1. The Morgan fingerprint density at radius 3 is 2.23 bits per heavy atom. The monoisotopic (exact) mass is 406 g/mol. The summed E-state index contributed by atoms with van der Waals surface area (Å²) in [6.45, 7) is 0.623. The number of piperazine rings is 1. The fourth-order valence-corrected chi connectivity index (χ4v) is 3.85. The van der Waals surface area contributed by atoms with Crippen LogP contribution in [0.2, 0.25) is 0 Å². The fourth-order valence-electron chi connectivity index (χ4n) is 2.43. The van der Waals surface area contributed by atoms with Crippen molar-refractivity contribution < 1.29 is 22.7 Å². The van der Waals surface area contributed by atoms with Gasteiger partial charge in [-0.2, -0.15) is 4.31 Å². The summed E-state index contributed by atoms with van der Waals surface area (Å²) in [5, 5.41) is 2.41. The number of nitrogens with two attached hydrogens (primary N) is 1. The number of rotatable bonds is 6. The molecule has 1 saturated heterocycles. The number of hydrogen-bond donors (Lipinski definition) is 2. The van der Waals surface area contributed by atoms with E-state index in [-0.39, 0.29) is 62.5 Å². The highest BCUT2D eigenvalue weighted by molar-refractivity contribution is 7.89. The van der Waals surface area contributed by atoms with Crippen molar-refractivity contribution in [3.63, 3.8) is 0 Å². The lowest BCUT2D eigenvalue weighted by Crippen LogP contribution is -2.52. The van der Waals surface area contributed by atoms with Crippen molar-refractivity contribution in [2.24, 2.45) is 5.73 Å². The van der Waals surface area contributed by atoms with Crippen molar-refractivity contribution in [2.75, 3.05) is 46.4 Å². The fraction of sp³-hybridized carbons (Fsp3) is 0.467. The molecule has 0 spiro atoms. The van der Waals surface area contributed by atoms with E-state index < -0.39 is 15.9 Å². The zero-order valence-corrected chi connectivity index (χ0v) is 16.0. The third kappa shape index (κ3) is 5.31. The number of ether oxygens (including phenoxy) is 1. The van der Waals surface area contributed by atoms with Gasteiger partial charge in [-0.25, -0.2) is 8.42 Å². The lowest BCUT2D eigenvalue weighted by molar-refractivity contribution is -0.133. The predicted octanol–water partition coefficient (Wildman–Crippen LogP) is -0.975. The Bertz CT molecular complexity index is 718. The Kier molecular flexibility index (Phi) is 8.28. The molecule has 3 N–H and O–H groups in total. The number of nitrogens with one attached hydrogen (secondary N) is 1. The van der Waals surface area contributed by atoms with Crippen LogP contribution in [0, 0.1) is 0 Å². The molecule has 1 heterocycles. The van der Waals surface area contributed by atoms with E-state index in [1.165, 1.54) is 28.4 Å². The Morgan fingerprint density at radius 2 is 1.73 bits per heavy atom. The van der Waals surface area contributed by atoms with E-state index in [4.69, 9.17) is 10.5 Å². The Balaban J connectivity index is 0.00000338. The van der Waals surface area contributed by atoms with E-state index >= 15 is 0 Å². The first-order chi connectivity index (χ1) is 11.9. The van der Waals surface area contributed by atoms with Crippen molar-refractivity contribution in [3.8, 4) is 5.75 Å². The maximum Gasteiger partial charge on any atom is 0.243 e. The molecule has 2 amide bonds. The van der Waals surface area contributed by atoms with Crippen LogP contribution in [-0.4, -0.2) is 75.8 Å². The van der Waals surface area contributed by atoms with Gasteiger partial charge in [0.15, 0.2) is 0 Å². The first kappa shape index (κ1) is 22.2. The molecular formula is C15H23ClN4O5S. The molecule has 0 unspecified atom stereocenters. The molecule has 11 heteroatoms. The van der Waals surface area contributed by atoms with Crippen molar-refractivity contribution in [1.29, 1.82) is 0 Å². The first-order valence-corrected chi connectivity index (χ1v) is 9.21. The quantitative estimate of drug-likeness (QED) is 0.626. The summed E-state index contributed by atoms with van der Waals surface area (Å²) in [5.41, 5.74) is 5.16. The van der Waals surface area contributed by atoms with Crippen LogP contribution in [0.25, 0.3) is 0 Å². The van der Waals surface area contributed by atoms with Crippen LogP contribution in [0.4, 0.5) is 0 Å². The van der Waals surface area contributed by atoms with Crippen molar-refractivity contribution in [1.82, 2.24) is 14.5 Å². The number of halogens is 1. The van der Waals surface area contributed by atoms with Crippen molar-refractivity contribution >= 4 is 34.2 Å². The van der Waals surface area contributed by atoms with Gasteiger partial charge in [-0.3, -0.25) is 9.59 Å². The van der Waals surface area contributed by atoms with Gasteiger partial charge in [0, 0.05) is 26.2 Å². The summed E-state index contributed by atoms with van der Waals surface area (Å²) in [7, 11) is -2.10. The lowest BCUT2D eigenvalue weighted by atomic mass is 10.3. The second-order valence-electron chi connectivity index (χ2n) is 5.44. The van der Waals surface area contributed by atoms with Gasteiger partial charge in [0.25, 0.3) is 0 Å². The van der Waals surface area contributed by atoms with Crippen LogP contribution in [0.1, 0.15) is 0 Å². The minimum absolute atomic E-state index is 0. The minimum atomic E-state index is -3.61. The SMILES string of the molecule is COc1ccc(S(=O)(=O)N2CCN(C(=O)CNC(=O)CN)CC2)cc1.Cl. The molecule has 146 valence electrons. The molecule has 1 aliphatic rings. The first-order valence-electron chi connectivity index (χ1n) is 7.77. The van der Waals surface area contributed by atoms with Gasteiger partial charge in [0.05, 0.1) is 25.1 Å². The van der Waals surface area contributed by atoms with Gasteiger partial charge in [-0.05, 0) is 24.3 Å². The Labute approximate surface area is 158 Å². The molecule has 1 aromatic carbocycles. The topological polar surface area (TPSA) is 122 Å². The van der Waals surface area contributed by atoms with Crippen LogP contribution in [0.15, 0.2) is 29.2 Å². The molecule has 9 nitrogen and oxygen atoms in total. The third-order valence-corrected chi connectivity index (χ3v) is 5.82. The average Bonchev–Trinajstić information content (AvgIpc) is 2.65. The summed E-state index contributed by atoms with van der Waals surface area (Å²) in [6, 6.07) is 6.17. The highest BCUT2D eigenvalue weighted by atomic mass is 35.5. The lowest BCUT2D eigenvalue weighted by Gasteiger charge is -2.34. The smallest absolute Gasteiger partial charge is 0.243 e. The van der Waals surface area contributed by atoms with E-state index in [2.05, 4.69) is 5.32 Å². The molecule has 2 rings (SSSR count). The van der Waals surface area contributed by atoms with E-state index in [0.29, 0.717) is 5.75 Å². The number of carbonyl (C=O) groups excluding carboxylic acids is 2. The molecule has 1 aliphatic heterocycles. The highest BCUT2D eigenvalue weighted by Crippen LogP contribution is 2.20. The molecule has 1 fully saturated rings. The standard InChI is InChI=1S/C15H22N4O5S.ClH/c1-24-12-2-4-13(5-3-12)25(22,23)19-8-6-18(7-9-19)15(21)11-17-14(20)10-16;/h2-5H,6-11,16H2,1H3,(H,17,20);1H. The Hall–Kier alpha value is -1.88. The van der Waals surface area contributed by atoms with Gasteiger partial charge in [0.1, 0.15) is 5.75 Å². The zero-order valence-electron chi connectivity index (χ0n) is 14.4. The number of nitrogens with zero attached hydrogens (tertiary/aromatic N) is 2.